The zero-order valence-corrected chi connectivity index (χ0v) is 26.1. The predicted octanol–water partition coefficient (Wildman–Crippen LogP) is 5.84. The molecule has 0 fully saturated rings. The van der Waals surface area contributed by atoms with E-state index >= 15 is 0 Å². The van der Waals surface area contributed by atoms with Crippen molar-refractivity contribution in [3.8, 4) is 0 Å². The third-order valence-electron chi connectivity index (χ3n) is 7.55. The first-order valence-electron chi connectivity index (χ1n) is 14.2. The van der Waals surface area contributed by atoms with Crippen molar-refractivity contribution < 1.29 is 18.0 Å². The normalized spacial score (nSPS) is 12.9. The Hall–Kier alpha value is -3.65. The number of nitrogens with zero attached hydrogens (tertiary/aromatic N) is 2. The van der Waals surface area contributed by atoms with Crippen LogP contribution in [-0.4, -0.2) is 43.8 Å². The maximum Gasteiger partial charge on any atom is 0.264 e. The lowest BCUT2D eigenvalue weighted by Crippen LogP contribution is -2.53. The van der Waals surface area contributed by atoms with E-state index in [1.165, 1.54) is 9.21 Å². The summed E-state index contributed by atoms with van der Waals surface area (Å²) in [5.41, 5.74) is 4.95. The summed E-state index contributed by atoms with van der Waals surface area (Å²) in [5, 5.41) is 3.01. The smallest absolute Gasteiger partial charge is 0.264 e. The second-order valence-corrected chi connectivity index (χ2v) is 12.7. The van der Waals surface area contributed by atoms with Gasteiger partial charge in [0.25, 0.3) is 10.0 Å². The summed E-state index contributed by atoms with van der Waals surface area (Å²) in [7, 11) is -4.11. The highest BCUT2D eigenvalue weighted by Crippen LogP contribution is 2.29. The summed E-state index contributed by atoms with van der Waals surface area (Å²) in [6.07, 6.45) is 1.14. The Labute approximate surface area is 245 Å². The highest BCUT2D eigenvalue weighted by Gasteiger charge is 2.34. The van der Waals surface area contributed by atoms with Gasteiger partial charge in [0.05, 0.1) is 10.6 Å². The third-order valence-corrected chi connectivity index (χ3v) is 9.33. The molecule has 3 aromatic carbocycles. The second-order valence-electron chi connectivity index (χ2n) is 10.8. The van der Waals surface area contributed by atoms with Gasteiger partial charge >= 0.3 is 0 Å². The number of hydrogen-bond donors (Lipinski definition) is 1. The van der Waals surface area contributed by atoms with Crippen molar-refractivity contribution in [3.63, 3.8) is 0 Å². The van der Waals surface area contributed by atoms with Gasteiger partial charge in [0.2, 0.25) is 11.8 Å². The number of anilines is 1. The van der Waals surface area contributed by atoms with E-state index in [4.69, 9.17) is 0 Å². The van der Waals surface area contributed by atoms with Crippen LogP contribution in [0.2, 0.25) is 0 Å². The van der Waals surface area contributed by atoms with Crippen molar-refractivity contribution in [2.75, 3.05) is 10.8 Å². The summed E-state index contributed by atoms with van der Waals surface area (Å²) in [4.78, 5) is 29.3. The van der Waals surface area contributed by atoms with E-state index in [-0.39, 0.29) is 23.4 Å². The van der Waals surface area contributed by atoms with Crippen LogP contribution in [0.3, 0.4) is 0 Å². The molecular weight excluding hydrogens is 534 g/mol. The summed E-state index contributed by atoms with van der Waals surface area (Å²) in [6.45, 7) is 13.1. The van der Waals surface area contributed by atoms with Crippen molar-refractivity contribution in [1.82, 2.24) is 10.2 Å². The number of hydrogen-bond acceptors (Lipinski definition) is 4. The van der Waals surface area contributed by atoms with E-state index in [9.17, 15) is 18.0 Å². The Morgan fingerprint density at radius 2 is 1.51 bits per heavy atom. The minimum atomic E-state index is -4.11. The van der Waals surface area contributed by atoms with Gasteiger partial charge in [0.1, 0.15) is 12.6 Å². The monoisotopic (exact) mass is 577 g/mol. The van der Waals surface area contributed by atoms with Crippen molar-refractivity contribution in [3.05, 3.63) is 94.5 Å². The van der Waals surface area contributed by atoms with Crippen LogP contribution in [0.1, 0.15) is 61.4 Å². The minimum Gasteiger partial charge on any atom is -0.352 e. The lowest BCUT2D eigenvalue weighted by molar-refractivity contribution is -0.140. The van der Waals surface area contributed by atoms with E-state index in [1.54, 1.807) is 36.4 Å². The van der Waals surface area contributed by atoms with Crippen LogP contribution in [-0.2, 0) is 26.2 Å². The fourth-order valence-electron chi connectivity index (χ4n) is 4.72. The Morgan fingerprint density at radius 3 is 2.12 bits per heavy atom. The summed E-state index contributed by atoms with van der Waals surface area (Å²) < 4.78 is 29.4. The van der Waals surface area contributed by atoms with Crippen LogP contribution < -0.4 is 9.62 Å². The molecule has 0 saturated carbocycles. The summed E-state index contributed by atoms with van der Waals surface area (Å²) in [5.74, 6) is -0.697. The SMILES string of the molecule is CC[C@H](C(=O)N[C@@H](C)CC)N(Cc1cccc(C)c1)C(=O)CN(c1cccc(C)c1C)S(=O)(=O)c1ccc(C)cc1. The molecule has 0 heterocycles. The first kappa shape index (κ1) is 31.9. The van der Waals surface area contributed by atoms with E-state index in [2.05, 4.69) is 5.32 Å². The maximum atomic E-state index is 14.2. The topological polar surface area (TPSA) is 86.8 Å². The summed E-state index contributed by atoms with van der Waals surface area (Å²) in [6, 6.07) is 19.0. The minimum absolute atomic E-state index is 0.0548. The van der Waals surface area contributed by atoms with E-state index in [0.717, 1.165) is 34.2 Å². The lowest BCUT2D eigenvalue weighted by atomic mass is 10.1. The highest BCUT2D eigenvalue weighted by atomic mass is 32.2. The molecule has 7 nitrogen and oxygen atoms in total. The van der Waals surface area contributed by atoms with Crippen LogP contribution >= 0.6 is 0 Å². The molecule has 0 spiro atoms. The molecule has 3 rings (SSSR count). The molecule has 0 aliphatic heterocycles. The lowest BCUT2D eigenvalue weighted by Gasteiger charge is -2.34. The fraction of sp³-hybridized carbons (Fsp3) is 0.394. The van der Waals surface area contributed by atoms with Gasteiger partial charge in [-0.25, -0.2) is 8.42 Å². The number of nitrogens with one attached hydrogen (secondary N) is 1. The number of carbonyl (C=O) groups excluding carboxylic acids is 2. The molecule has 0 aliphatic carbocycles. The van der Waals surface area contributed by atoms with Crippen LogP contribution in [0, 0.1) is 27.7 Å². The number of benzene rings is 3. The largest absolute Gasteiger partial charge is 0.352 e. The van der Waals surface area contributed by atoms with Crippen molar-refractivity contribution in [2.24, 2.45) is 0 Å². The molecule has 220 valence electrons. The molecule has 2 amide bonds. The van der Waals surface area contributed by atoms with Crippen LogP contribution in [0.15, 0.2) is 71.6 Å². The zero-order chi connectivity index (χ0) is 30.3. The number of rotatable bonds is 12. The average Bonchev–Trinajstić information content (AvgIpc) is 2.93. The average molecular weight is 578 g/mol. The molecule has 0 aromatic heterocycles. The van der Waals surface area contributed by atoms with Gasteiger partial charge in [-0.05, 0) is 82.3 Å². The number of amides is 2. The van der Waals surface area contributed by atoms with Gasteiger partial charge in [0.15, 0.2) is 0 Å². The van der Waals surface area contributed by atoms with Crippen molar-refractivity contribution in [1.29, 1.82) is 0 Å². The Balaban J connectivity index is 2.10. The van der Waals surface area contributed by atoms with Crippen molar-refractivity contribution >= 4 is 27.5 Å². The highest BCUT2D eigenvalue weighted by molar-refractivity contribution is 7.92. The quantitative estimate of drug-likeness (QED) is 0.293. The molecule has 8 heteroatoms. The van der Waals surface area contributed by atoms with Gasteiger partial charge in [-0.3, -0.25) is 13.9 Å². The standard InChI is InChI=1S/C33H43N3O4S/c1-8-26(6)34-33(38)30(9-2)35(21-28-14-10-12-24(4)20-28)32(37)22-36(31-15-11-13-25(5)27(31)7)41(39,40)29-18-16-23(3)17-19-29/h10-20,26,30H,8-9,21-22H2,1-7H3,(H,34,38)/t26-,30+/m0/s1. The first-order valence-corrected chi connectivity index (χ1v) is 15.6. The number of sulfonamides is 1. The van der Waals surface area contributed by atoms with Gasteiger partial charge < -0.3 is 10.2 Å². The Kier molecular flexibility index (Phi) is 10.7. The molecule has 0 aliphatic rings. The molecule has 3 aromatic rings. The fourth-order valence-corrected chi connectivity index (χ4v) is 6.20. The van der Waals surface area contributed by atoms with Crippen LogP contribution in [0.5, 0.6) is 0 Å². The van der Waals surface area contributed by atoms with Crippen molar-refractivity contribution in [2.45, 2.75) is 84.8 Å². The molecule has 0 unspecified atom stereocenters. The molecule has 41 heavy (non-hydrogen) atoms. The van der Waals surface area contributed by atoms with Gasteiger partial charge in [-0.1, -0.05) is 73.5 Å². The Bertz CT molecular complexity index is 1470. The maximum absolute atomic E-state index is 14.2. The molecule has 0 bridgehead atoms. The number of carbonyl (C=O) groups is 2. The number of aryl methyl sites for hydroxylation is 3. The Morgan fingerprint density at radius 1 is 0.854 bits per heavy atom. The van der Waals surface area contributed by atoms with Crippen LogP contribution in [0.25, 0.3) is 0 Å². The van der Waals surface area contributed by atoms with E-state index in [0.29, 0.717) is 12.1 Å². The van der Waals surface area contributed by atoms with Gasteiger partial charge in [-0.15, -0.1) is 0 Å². The molecule has 0 radical (unpaired) electrons. The van der Waals surface area contributed by atoms with Crippen LogP contribution in [0.4, 0.5) is 5.69 Å². The molecule has 2 atom stereocenters. The predicted molar refractivity (Wildman–Crippen MR) is 165 cm³/mol. The van der Waals surface area contributed by atoms with Gasteiger partial charge in [-0.2, -0.15) is 0 Å². The third kappa shape index (κ3) is 7.76. The molecule has 0 saturated heterocycles. The first-order chi connectivity index (χ1) is 19.4. The molecular formula is C33H43N3O4S. The van der Waals surface area contributed by atoms with E-state index in [1.807, 2.05) is 78.8 Å². The van der Waals surface area contributed by atoms with E-state index < -0.39 is 28.5 Å². The molecule has 1 N–H and O–H groups in total. The summed E-state index contributed by atoms with van der Waals surface area (Å²) >= 11 is 0. The van der Waals surface area contributed by atoms with Gasteiger partial charge in [0, 0.05) is 12.6 Å². The zero-order valence-electron chi connectivity index (χ0n) is 25.3. The second kappa shape index (κ2) is 13.8.